The van der Waals surface area contributed by atoms with Crippen LogP contribution in [0.15, 0.2) is 0 Å². The lowest BCUT2D eigenvalue weighted by atomic mass is 10.0. The van der Waals surface area contributed by atoms with Crippen LogP contribution in [0.2, 0.25) is 0 Å². The summed E-state index contributed by atoms with van der Waals surface area (Å²) in [6.07, 6.45) is 3.43. The fraction of sp³-hybridized carbons (Fsp3) is 0.917. The van der Waals surface area contributed by atoms with Gasteiger partial charge in [-0.2, -0.15) is 0 Å². The summed E-state index contributed by atoms with van der Waals surface area (Å²) >= 11 is 0. The first kappa shape index (κ1) is 14.6. The van der Waals surface area contributed by atoms with Crippen molar-refractivity contribution in [3.8, 4) is 0 Å². The molecule has 2 aliphatic rings. The Hall–Kier alpha value is -0.820. The number of sulfone groups is 1. The summed E-state index contributed by atoms with van der Waals surface area (Å²) in [6, 6.07) is 0.0719. The highest BCUT2D eigenvalue weighted by molar-refractivity contribution is 7.91. The van der Waals surface area contributed by atoms with Gasteiger partial charge in [-0.1, -0.05) is 0 Å². The maximum atomic E-state index is 11.7. The lowest BCUT2D eigenvalue weighted by Crippen LogP contribution is -2.50. The predicted molar refractivity (Wildman–Crippen MR) is 73.8 cm³/mol. The standard InChI is InChI=1S/C12H23N3O3S/c16-12(15-11-2-1-5-13-9-11)14-8-10-3-6-19(17,18)7-4-10/h10-11,13H,1-9H2,(H2,14,15,16). The Morgan fingerprint density at radius 1 is 1.21 bits per heavy atom. The molecule has 1 unspecified atom stereocenters. The molecular weight excluding hydrogens is 266 g/mol. The highest BCUT2D eigenvalue weighted by atomic mass is 32.2. The minimum Gasteiger partial charge on any atom is -0.338 e. The van der Waals surface area contributed by atoms with E-state index in [0.717, 1.165) is 25.9 Å². The van der Waals surface area contributed by atoms with Crippen LogP contribution in [0.1, 0.15) is 25.7 Å². The highest BCUT2D eigenvalue weighted by Crippen LogP contribution is 2.17. The van der Waals surface area contributed by atoms with Crippen molar-refractivity contribution in [3.05, 3.63) is 0 Å². The molecule has 3 N–H and O–H groups in total. The smallest absolute Gasteiger partial charge is 0.315 e. The zero-order chi connectivity index (χ0) is 13.7. The fourth-order valence-corrected chi connectivity index (χ4v) is 4.18. The molecule has 0 saturated carbocycles. The number of nitrogens with one attached hydrogen (secondary N) is 3. The van der Waals surface area contributed by atoms with E-state index in [2.05, 4.69) is 16.0 Å². The molecule has 19 heavy (non-hydrogen) atoms. The molecule has 0 radical (unpaired) electrons. The SMILES string of the molecule is O=C(NCC1CCS(=O)(=O)CC1)NC1CCCNC1. The van der Waals surface area contributed by atoms with Gasteiger partial charge in [-0.25, -0.2) is 13.2 Å². The summed E-state index contributed by atoms with van der Waals surface area (Å²) in [5, 5.41) is 9.04. The first-order chi connectivity index (χ1) is 9.05. The zero-order valence-electron chi connectivity index (χ0n) is 11.2. The Balaban J connectivity index is 1.63. The second kappa shape index (κ2) is 6.56. The summed E-state index contributed by atoms with van der Waals surface area (Å²) in [7, 11) is -2.81. The average molecular weight is 289 g/mol. The first-order valence-electron chi connectivity index (χ1n) is 7.01. The van der Waals surface area contributed by atoms with E-state index >= 15 is 0 Å². The van der Waals surface area contributed by atoms with Crippen molar-refractivity contribution < 1.29 is 13.2 Å². The van der Waals surface area contributed by atoms with Gasteiger partial charge in [0.05, 0.1) is 11.5 Å². The number of urea groups is 1. The Morgan fingerprint density at radius 3 is 2.58 bits per heavy atom. The fourth-order valence-electron chi connectivity index (χ4n) is 2.59. The number of amides is 2. The van der Waals surface area contributed by atoms with Crippen LogP contribution in [0.4, 0.5) is 4.79 Å². The number of carbonyl (C=O) groups excluding carboxylic acids is 1. The van der Waals surface area contributed by atoms with E-state index in [1.807, 2.05) is 0 Å². The van der Waals surface area contributed by atoms with Gasteiger partial charge < -0.3 is 16.0 Å². The summed E-state index contributed by atoms with van der Waals surface area (Å²) in [6.45, 7) is 2.42. The van der Waals surface area contributed by atoms with Crippen LogP contribution >= 0.6 is 0 Å². The lowest BCUT2D eigenvalue weighted by molar-refractivity contribution is 0.231. The summed E-state index contributed by atoms with van der Waals surface area (Å²) < 4.78 is 22.6. The Labute approximate surface area is 114 Å². The van der Waals surface area contributed by atoms with Crippen molar-refractivity contribution in [1.29, 1.82) is 0 Å². The van der Waals surface area contributed by atoms with Crippen molar-refractivity contribution >= 4 is 15.9 Å². The van der Waals surface area contributed by atoms with E-state index in [9.17, 15) is 13.2 Å². The van der Waals surface area contributed by atoms with E-state index in [1.54, 1.807) is 0 Å². The van der Waals surface area contributed by atoms with E-state index in [4.69, 9.17) is 0 Å². The summed E-state index contributed by atoms with van der Waals surface area (Å²) in [4.78, 5) is 11.7. The predicted octanol–water partition coefficient (Wildman–Crippen LogP) is -0.138. The zero-order valence-corrected chi connectivity index (χ0v) is 12.0. The Morgan fingerprint density at radius 2 is 1.95 bits per heavy atom. The molecule has 2 amide bonds. The number of hydrogen-bond donors (Lipinski definition) is 3. The third-order valence-corrected chi connectivity index (χ3v) is 5.57. The van der Waals surface area contributed by atoms with Crippen LogP contribution in [-0.4, -0.2) is 51.6 Å². The molecule has 0 aromatic rings. The Bertz CT molecular complexity index is 390. The van der Waals surface area contributed by atoms with Gasteiger partial charge >= 0.3 is 6.03 Å². The Kier molecular flexibility index (Phi) is 5.04. The van der Waals surface area contributed by atoms with Crippen LogP contribution < -0.4 is 16.0 Å². The van der Waals surface area contributed by atoms with Crippen molar-refractivity contribution in [2.24, 2.45) is 5.92 Å². The van der Waals surface area contributed by atoms with Crippen molar-refractivity contribution in [2.75, 3.05) is 31.1 Å². The number of hydrogen-bond acceptors (Lipinski definition) is 4. The number of carbonyl (C=O) groups is 1. The second-order valence-electron chi connectivity index (χ2n) is 5.49. The molecule has 2 saturated heterocycles. The molecular formula is C12H23N3O3S. The molecule has 0 aromatic carbocycles. The number of piperidine rings is 1. The molecule has 2 rings (SSSR count). The molecule has 2 heterocycles. The minimum atomic E-state index is -2.81. The molecule has 0 aromatic heterocycles. The van der Waals surface area contributed by atoms with Gasteiger partial charge in [0.2, 0.25) is 0 Å². The third-order valence-electron chi connectivity index (χ3n) is 3.86. The molecule has 6 nitrogen and oxygen atoms in total. The maximum Gasteiger partial charge on any atom is 0.315 e. The summed E-state index contributed by atoms with van der Waals surface area (Å²) in [5.41, 5.74) is 0. The van der Waals surface area contributed by atoms with Crippen molar-refractivity contribution in [1.82, 2.24) is 16.0 Å². The number of rotatable bonds is 3. The summed E-state index contributed by atoms with van der Waals surface area (Å²) in [5.74, 6) is 0.805. The quantitative estimate of drug-likeness (QED) is 0.675. The van der Waals surface area contributed by atoms with Crippen molar-refractivity contribution in [3.63, 3.8) is 0 Å². The lowest BCUT2D eigenvalue weighted by Gasteiger charge is -2.25. The molecule has 2 aliphatic heterocycles. The molecule has 0 spiro atoms. The normalized spacial score (nSPS) is 27.7. The van der Waals surface area contributed by atoms with Gasteiger partial charge in [0.15, 0.2) is 0 Å². The van der Waals surface area contributed by atoms with Crippen LogP contribution in [0.3, 0.4) is 0 Å². The van der Waals surface area contributed by atoms with Gasteiger partial charge in [-0.15, -0.1) is 0 Å². The van der Waals surface area contributed by atoms with Gasteiger partial charge in [0.25, 0.3) is 0 Å². The first-order valence-corrected chi connectivity index (χ1v) is 8.83. The van der Waals surface area contributed by atoms with E-state index in [1.165, 1.54) is 0 Å². The van der Waals surface area contributed by atoms with E-state index < -0.39 is 9.84 Å². The largest absolute Gasteiger partial charge is 0.338 e. The van der Waals surface area contributed by atoms with Gasteiger partial charge in [0, 0.05) is 19.1 Å². The highest BCUT2D eigenvalue weighted by Gasteiger charge is 2.24. The van der Waals surface area contributed by atoms with Crippen LogP contribution in [-0.2, 0) is 9.84 Å². The monoisotopic (exact) mass is 289 g/mol. The molecule has 0 bridgehead atoms. The van der Waals surface area contributed by atoms with Gasteiger partial charge in [0.1, 0.15) is 9.84 Å². The van der Waals surface area contributed by atoms with Crippen LogP contribution in [0.25, 0.3) is 0 Å². The van der Waals surface area contributed by atoms with Crippen LogP contribution in [0, 0.1) is 5.92 Å². The van der Waals surface area contributed by atoms with Gasteiger partial charge in [-0.3, -0.25) is 0 Å². The van der Waals surface area contributed by atoms with Crippen LogP contribution in [0.5, 0.6) is 0 Å². The maximum absolute atomic E-state index is 11.7. The average Bonchev–Trinajstić information content (AvgIpc) is 2.39. The molecule has 7 heteroatoms. The van der Waals surface area contributed by atoms with Gasteiger partial charge in [-0.05, 0) is 38.1 Å². The second-order valence-corrected chi connectivity index (χ2v) is 7.80. The molecule has 1 atom stereocenters. The minimum absolute atomic E-state index is 0.137. The molecule has 0 aliphatic carbocycles. The van der Waals surface area contributed by atoms with E-state index in [-0.39, 0.29) is 23.6 Å². The topological polar surface area (TPSA) is 87.3 Å². The van der Waals surface area contributed by atoms with Crippen molar-refractivity contribution in [2.45, 2.75) is 31.7 Å². The third kappa shape index (κ3) is 4.99. The molecule has 2 fully saturated rings. The van der Waals surface area contributed by atoms with E-state index in [0.29, 0.717) is 25.3 Å². The molecule has 110 valence electrons.